The van der Waals surface area contributed by atoms with Crippen LogP contribution in [0.4, 0.5) is 4.79 Å². The summed E-state index contributed by atoms with van der Waals surface area (Å²) in [5.74, 6) is 1.08. The number of hydrogen-bond donors (Lipinski definition) is 0. The summed E-state index contributed by atoms with van der Waals surface area (Å²) in [6.07, 6.45) is -0.329. The lowest BCUT2D eigenvalue weighted by molar-refractivity contribution is -0.137. The quantitative estimate of drug-likeness (QED) is 0.782. The molecule has 3 fully saturated rings. The van der Waals surface area contributed by atoms with E-state index in [-0.39, 0.29) is 42.1 Å². The molecular weight excluding hydrogens is 370 g/mol. The summed E-state index contributed by atoms with van der Waals surface area (Å²) >= 11 is 0. The fourth-order valence-electron chi connectivity index (χ4n) is 5.35. The van der Waals surface area contributed by atoms with E-state index in [0.717, 1.165) is 17.1 Å². The van der Waals surface area contributed by atoms with Crippen LogP contribution in [0, 0.1) is 12.8 Å². The molecule has 4 heterocycles. The molecule has 3 aliphatic rings. The number of rotatable bonds is 2. The molecule has 5 unspecified atom stereocenters. The molecule has 0 saturated carbocycles. The third kappa shape index (κ3) is 2.64. The van der Waals surface area contributed by atoms with Crippen molar-refractivity contribution in [2.24, 2.45) is 5.92 Å². The summed E-state index contributed by atoms with van der Waals surface area (Å²) in [7, 11) is 3.36. The Morgan fingerprint density at radius 2 is 1.76 bits per heavy atom. The first-order valence-corrected chi connectivity index (χ1v) is 10.0. The monoisotopic (exact) mass is 395 g/mol. The first-order chi connectivity index (χ1) is 14.0. The number of amides is 3. The molecule has 0 spiro atoms. The Bertz CT molecular complexity index is 943. The first kappa shape index (κ1) is 18.4. The van der Waals surface area contributed by atoms with Gasteiger partial charge in [-0.2, -0.15) is 0 Å². The van der Waals surface area contributed by atoms with Crippen molar-refractivity contribution in [2.45, 2.75) is 31.2 Å². The first-order valence-electron chi connectivity index (χ1n) is 10.0. The Labute approximate surface area is 169 Å². The summed E-state index contributed by atoms with van der Waals surface area (Å²) in [5, 5.41) is 0. The van der Waals surface area contributed by atoms with Gasteiger partial charge in [0.05, 0.1) is 24.6 Å². The molecule has 7 heteroatoms. The zero-order chi connectivity index (χ0) is 20.3. The van der Waals surface area contributed by atoms with Crippen molar-refractivity contribution >= 4 is 11.9 Å². The molecule has 3 aliphatic heterocycles. The highest BCUT2D eigenvalue weighted by Crippen LogP contribution is 2.51. The zero-order valence-corrected chi connectivity index (χ0v) is 16.8. The summed E-state index contributed by atoms with van der Waals surface area (Å²) in [6.45, 7) is 3.15. The minimum Gasteiger partial charge on any atom is -0.464 e. The predicted molar refractivity (Wildman–Crippen MR) is 105 cm³/mol. The number of fused-ring (bicyclic) bond motifs is 3. The van der Waals surface area contributed by atoms with Gasteiger partial charge in [0, 0.05) is 26.7 Å². The summed E-state index contributed by atoms with van der Waals surface area (Å²) in [4.78, 5) is 31.4. The van der Waals surface area contributed by atoms with Crippen LogP contribution in [0.3, 0.4) is 0 Å². The van der Waals surface area contributed by atoms with Gasteiger partial charge in [0.2, 0.25) is 5.91 Å². The van der Waals surface area contributed by atoms with E-state index in [2.05, 4.69) is 17.0 Å². The number of furan rings is 1. The van der Waals surface area contributed by atoms with E-state index < -0.39 is 0 Å². The lowest BCUT2D eigenvalue weighted by atomic mass is 9.85. The average Bonchev–Trinajstić information content (AvgIpc) is 3.32. The SMILES string of the molecule is Cc1ccc(C2OCCN3C(c4ccccc4)C4C(=O)N(C)C(=O)N(C)C4C23)o1. The van der Waals surface area contributed by atoms with E-state index in [4.69, 9.17) is 9.15 Å². The molecule has 3 amide bonds. The number of imide groups is 1. The van der Waals surface area contributed by atoms with Crippen LogP contribution in [0.15, 0.2) is 46.9 Å². The number of benzene rings is 1. The standard InChI is InChI=1S/C22H25N3O4/c1-13-9-10-15(29-13)20-19-18-16(21(26)24(3)22(27)23(18)2)17(25(19)11-12-28-20)14-7-5-4-6-8-14/h4-10,16-20H,11-12H2,1-3H3. The number of hydrogen-bond acceptors (Lipinski definition) is 5. The number of morpholine rings is 1. The van der Waals surface area contributed by atoms with Crippen LogP contribution in [0.5, 0.6) is 0 Å². The van der Waals surface area contributed by atoms with E-state index in [0.29, 0.717) is 13.2 Å². The van der Waals surface area contributed by atoms with Gasteiger partial charge in [-0.1, -0.05) is 30.3 Å². The maximum Gasteiger partial charge on any atom is 0.326 e. The molecule has 0 N–H and O–H groups in total. The van der Waals surface area contributed by atoms with Crippen LogP contribution in [0.25, 0.3) is 0 Å². The van der Waals surface area contributed by atoms with E-state index in [1.165, 1.54) is 4.90 Å². The molecule has 1 aromatic heterocycles. The molecule has 5 rings (SSSR count). The van der Waals surface area contributed by atoms with Crippen molar-refractivity contribution in [1.82, 2.24) is 14.7 Å². The van der Waals surface area contributed by atoms with Gasteiger partial charge in [-0.25, -0.2) is 4.79 Å². The fraction of sp³-hybridized carbons (Fsp3) is 0.455. The molecule has 29 heavy (non-hydrogen) atoms. The molecule has 7 nitrogen and oxygen atoms in total. The number of nitrogens with zero attached hydrogens (tertiary/aromatic N) is 3. The molecule has 0 bridgehead atoms. The Balaban J connectivity index is 1.65. The predicted octanol–water partition coefficient (Wildman–Crippen LogP) is 2.59. The number of likely N-dealkylation sites (N-methyl/N-ethyl adjacent to an activating group) is 1. The van der Waals surface area contributed by atoms with Crippen LogP contribution in [0.2, 0.25) is 0 Å². The summed E-state index contributed by atoms with van der Waals surface area (Å²) in [6, 6.07) is 13.1. The Kier molecular flexibility index (Phi) is 4.26. The van der Waals surface area contributed by atoms with Crippen LogP contribution in [-0.4, -0.2) is 66.0 Å². The molecule has 2 aromatic rings. The van der Waals surface area contributed by atoms with Gasteiger partial charge in [0.15, 0.2) is 0 Å². The Morgan fingerprint density at radius 1 is 1.00 bits per heavy atom. The minimum atomic E-state index is -0.352. The van der Waals surface area contributed by atoms with Crippen molar-refractivity contribution < 1.29 is 18.7 Å². The van der Waals surface area contributed by atoms with Crippen molar-refractivity contribution in [3.05, 3.63) is 59.5 Å². The highest BCUT2D eigenvalue weighted by molar-refractivity contribution is 5.99. The second kappa shape index (κ2) is 6.71. The lowest BCUT2D eigenvalue weighted by Crippen LogP contribution is -2.62. The molecule has 1 aromatic carbocycles. The van der Waals surface area contributed by atoms with E-state index >= 15 is 0 Å². The highest BCUT2D eigenvalue weighted by atomic mass is 16.5. The van der Waals surface area contributed by atoms with Crippen molar-refractivity contribution in [1.29, 1.82) is 0 Å². The Hall–Kier alpha value is -2.64. The van der Waals surface area contributed by atoms with Crippen LogP contribution < -0.4 is 0 Å². The topological polar surface area (TPSA) is 66.2 Å². The third-order valence-electron chi connectivity index (χ3n) is 6.59. The van der Waals surface area contributed by atoms with Crippen molar-refractivity contribution in [2.75, 3.05) is 27.2 Å². The number of aryl methyl sites for hydroxylation is 1. The normalized spacial score (nSPS) is 32.4. The van der Waals surface area contributed by atoms with Crippen molar-refractivity contribution in [3.63, 3.8) is 0 Å². The average molecular weight is 395 g/mol. The summed E-state index contributed by atoms with van der Waals surface area (Å²) < 4.78 is 12.1. The van der Waals surface area contributed by atoms with Gasteiger partial charge in [-0.15, -0.1) is 0 Å². The molecule has 5 atom stereocenters. The Morgan fingerprint density at radius 3 is 2.45 bits per heavy atom. The number of ether oxygens (including phenoxy) is 1. The number of urea groups is 1. The maximum absolute atomic E-state index is 13.3. The van der Waals surface area contributed by atoms with Crippen LogP contribution in [0.1, 0.15) is 29.2 Å². The summed E-state index contributed by atoms with van der Waals surface area (Å²) in [5.41, 5.74) is 1.09. The molecule has 3 saturated heterocycles. The minimum absolute atomic E-state index is 0.112. The van der Waals surface area contributed by atoms with Crippen LogP contribution in [-0.2, 0) is 9.53 Å². The maximum atomic E-state index is 13.3. The second-order valence-corrected chi connectivity index (χ2v) is 8.13. The molecule has 152 valence electrons. The largest absolute Gasteiger partial charge is 0.464 e. The molecule has 0 aliphatic carbocycles. The van der Waals surface area contributed by atoms with Crippen molar-refractivity contribution in [3.8, 4) is 0 Å². The van der Waals surface area contributed by atoms with E-state index in [1.54, 1.807) is 19.0 Å². The lowest BCUT2D eigenvalue weighted by Gasteiger charge is -2.43. The zero-order valence-electron chi connectivity index (χ0n) is 16.8. The second-order valence-electron chi connectivity index (χ2n) is 8.13. The molecule has 0 radical (unpaired) electrons. The molecular formula is C22H25N3O4. The van der Waals surface area contributed by atoms with Gasteiger partial charge in [-0.3, -0.25) is 14.6 Å². The van der Waals surface area contributed by atoms with E-state index in [9.17, 15) is 9.59 Å². The highest BCUT2D eigenvalue weighted by Gasteiger charge is 2.62. The van der Waals surface area contributed by atoms with Gasteiger partial charge in [0.1, 0.15) is 17.6 Å². The van der Waals surface area contributed by atoms with E-state index in [1.807, 2.05) is 37.3 Å². The number of carbonyl (C=O) groups excluding carboxylic acids is 2. The van der Waals surface area contributed by atoms with Crippen LogP contribution >= 0.6 is 0 Å². The van der Waals surface area contributed by atoms with Gasteiger partial charge in [-0.05, 0) is 24.6 Å². The van der Waals surface area contributed by atoms with Gasteiger partial charge in [0.25, 0.3) is 0 Å². The number of carbonyl (C=O) groups is 2. The van der Waals surface area contributed by atoms with Gasteiger partial charge >= 0.3 is 6.03 Å². The van der Waals surface area contributed by atoms with Gasteiger partial charge < -0.3 is 14.1 Å². The third-order valence-corrected chi connectivity index (χ3v) is 6.59. The smallest absolute Gasteiger partial charge is 0.326 e. The fourth-order valence-corrected chi connectivity index (χ4v) is 5.35.